The van der Waals surface area contributed by atoms with Crippen LogP contribution >= 0.6 is 0 Å². The van der Waals surface area contributed by atoms with Crippen LogP contribution in [0.3, 0.4) is 0 Å². The van der Waals surface area contributed by atoms with Crippen molar-refractivity contribution < 1.29 is 176 Å². The van der Waals surface area contributed by atoms with Crippen LogP contribution in [0.25, 0.3) is 0 Å². The zero-order valence-corrected chi connectivity index (χ0v) is 30.0. The van der Waals surface area contributed by atoms with Gasteiger partial charge in [-0.05, 0) is 0 Å². The summed E-state index contributed by atoms with van der Waals surface area (Å²) in [6.45, 7) is 0. The Bertz CT molecular complexity index is 1610. The number of hydrogen-bond donors (Lipinski definition) is 0. The third kappa shape index (κ3) is 7.26. The lowest BCUT2D eigenvalue weighted by atomic mass is 9.82. The van der Waals surface area contributed by atoms with E-state index >= 15 is 0 Å². The molecule has 0 N–H and O–H groups in total. The van der Waals surface area contributed by atoms with Crippen molar-refractivity contribution in [1.82, 2.24) is 0 Å². The maximum Gasteiger partial charge on any atom is 0.543 e. The Morgan fingerprint density at radius 1 is 0.266 bits per heavy atom. The second-order valence-corrected chi connectivity index (χ2v) is 15.0. The Balaban J connectivity index is 7.89. The highest BCUT2D eigenvalue weighted by molar-refractivity contribution is 6.62. The number of alkyl halides is 37. The van der Waals surface area contributed by atoms with E-state index in [0.717, 1.165) is 0 Å². The molecule has 0 aliphatic rings. The van der Waals surface area contributed by atoms with Gasteiger partial charge < -0.3 is 13.3 Å². The van der Waals surface area contributed by atoms with Gasteiger partial charge in [-0.3, -0.25) is 0 Å². The van der Waals surface area contributed by atoms with Gasteiger partial charge in [0.05, 0.1) is 0 Å². The molecule has 0 fully saturated rings. The Hall–Kier alpha value is -2.49. The van der Waals surface area contributed by atoms with Crippen molar-refractivity contribution in [3.63, 3.8) is 0 Å². The van der Waals surface area contributed by atoms with E-state index in [1.54, 1.807) is 0 Å². The zero-order chi connectivity index (χ0) is 52.9. The van der Waals surface area contributed by atoms with Gasteiger partial charge in [-0.15, -0.1) is 0 Å². The van der Waals surface area contributed by atoms with Crippen LogP contribution in [-0.4, -0.2) is 149 Å². The fourth-order valence-corrected chi connectivity index (χ4v) is 5.97. The van der Waals surface area contributed by atoms with Crippen molar-refractivity contribution in [2.45, 2.75) is 119 Å². The molecule has 0 aliphatic carbocycles. The number of hydrogen-bond acceptors (Lipinski definition) is 3. The molecule has 64 heavy (non-hydrogen) atoms. The first-order valence-electron chi connectivity index (χ1n) is 14.3. The van der Waals surface area contributed by atoms with Gasteiger partial charge in [-0.1, -0.05) is 0 Å². The molecular formula is C23H13F37O3Si. The van der Waals surface area contributed by atoms with Crippen LogP contribution < -0.4 is 0 Å². The molecule has 3 nitrogen and oxygen atoms in total. The predicted octanol–water partition coefficient (Wildman–Crippen LogP) is 11.8. The Kier molecular flexibility index (Phi) is 15.7. The highest BCUT2D eigenvalue weighted by Crippen LogP contribution is 2.70. The Labute approximate surface area is 326 Å². The third-order valence-electron chi connectivity index (χ3n) is 8.31. The SMILES string of the molecule is CO[Si](OC)(OC)C(F)C(F)(F)C(F)(F)C(F)(F)C(F)(F)C(F)(F)C(F)(F)C(F)(F)C(F)(F)C(F)(F)C(F)(F)C(F)(F)C(F)(F)C(F)(F)C(F)(F)C(F)(F)C(F)(F)C(F)C(F)C(F)F. The first-order chi connectivity index (χ1) is 27.4. The molecule has 0 saturated heterocycles. The van der Waals surface area contributed by atoms with Crippen molar-refractivity contribution in [2.24, 2.45) is 0 Å². The van der Waals surface area contributed by atoms with Crippen LogP contribution in [0, 0.1) is 0 Å². The molecule has 0 amide bonds. The molecule has 0 aromatic heterocycles. The topological polar surface area (TPSA) is 27.7 Å². The summed E-state index contributed by atoms with van der Waals surface area (Å²) < 4.78 is 525. The van der Waals surface area contributed by atoms with Crippen molar-refractivity contribution in [2.75, 3.05) is 21.3 Å². The minimum absolute atomic E-state index is 0.145. The van der Waals surface area contributed by atoms with Crippen molar-refractivity contribution >= 4 is 8.80 Å². The monoisotopic (exact) mass is 1070 g/mol. The molecule has 0 radical (unpaired) electrons. The molecular weight excluding hydrogens is 1060 g/mol. The van der Waals surface area contributed by atoms with Crippen LogP contribution in [0.2, 0.25) is 0 Å². The molecule has 0 aliphatic heterocycles. The van der Waals surface area contributed by atoms with E-state index in [0.29, 0.717) is 0 Å². The largest absolute Gasteiger partial charge is 0.543 e. The van der Waals surface area contributed by atoms with Crippen LogP contribution in [-0.2, 0) is 13.3 Å². The van der Waals surface area contributed by atoms with Gasteiger partial charge in [-0.2, -0.15) is 140 Å². The molecule has 41 heteroatoms. The molecule has 0 rings (SSSR count). The highest BCUT2D eigenvalue weighted by atomic mass is 28.4. The van der Waals surface area contributed by atoms with Gasteiger partial charge in [0.1, 0.15) is 0 Å². The summed E-state index contributed by atoms with van der Waals surface area (Å²) in [5.41, 5.74) is 0. The minimum Gasteiger partial charge on any atom is -0.375 e. The summed E-state index contributed by atoms with van der Waals surface area (Å²) >= 11 is 0. The fourth-order valence-electron chi connectivity index (χ4n) is 4.23. The van der Waals surface area contributed by atoms with E-state index in [2.05, 4.69) is 13.3 Å². The average Bonchev–Trinajstić information content (AvgIpc) is 3.13. The Morgan fingerprint density at radius 3 is 0.578 bits per heavy atom. The second-order valence-electron chi connectivity index (χ2n) is 12.0. The molecule has 3 unspecified atom stereocenters. The van der Waals surface area contributed by atoms with Crippen molar-refractivity contribution in [1.29, 1.82) is 0 Å². The average molecular weight is 1070 g/mol. The summed E-state index contributed by atoms with van der Waals surface area (Å²) in [5, 5.41) is 0. The highest BCUT2D eigenvalue weighted by Gasteiger charge is 3.02. The maximum atomic E-state index is 14.4. The van der Waals surface area contributed by atoms with E-state index < -0.39 is 128 Å². The maximum absolute atomic E-state index is 14.4. The van der Waals surface area contributed by atoms with Crippen LogP contribution in [0.1, 0.15) is 0 Å². The van der Waals surface area contributed by atoms with Gasteiger partial charge in [-0.25, -0.2) is 22.0 Å². The smallest absolute Gasteiger partial charge is 0.375 e. The lowest BCUT2D eigenvalue weighted by Gasteiger charge is -2.47. The minimum atomic E-state index is -10.4. The molecule has 0 aromatic rings. The van der Waals surface area contributed by atoms with Crippen LogP contribution in [0.4, 0.5) is 162 Å². The first-order valence-corrected chi connectivity index (χ1v) is 16.1. The lowest BCUT2D eigenvalue weighted by molar-refractivity contribution is -0.490. The Morgan fingerprint density at radius 2 is 0.422 bits per heavy atom. The van der Waals surface area contributed by atoms with E-state index in [1.165, 1.54) is 0 Å². The fraction of sp³-hybridized carbons (Fsp3) is 1.00. The predicted molar refractivity (Wildman–Crippen MR) is 127 cm³/mol. The van der Waals surface area contributed by atoms with E-state index in [9.17, 15) is 162 Å². The first kappa shape index (κ1) is 61.5. The van der Waals surface area contributed by atoms with Gasteiger partial charge in [0.25, 0.3) is 6.43 Å². The molecule has 0 bridgehead atoms. The van der Waals surface area contributed by atoms with E-state index in [1.807, 2.05) is 0 Å². The van der Waals surface area contributed by atoms with Gasteiger partial charge >= 0.3 is 104 Å². The van der Waals surface area contributed by atoms with Crippen molar-refractivity contribution in [3.8, 4) is 0 Å². The van der Waals surface area contributed by atoms with Gasteiger partial charge in [0.2, 0.25) is 12.0 Å². The van der Waals surface area contributed by atoms with Gasteiger partial charge in [0.15, 0.2) is 6.17 Å². The van der Waals surface area contributed by atoms with E-state index in [-0.39, 0.29) is 21.3 Å². The van der Waals surface area contributed by atoms with Crippen LogP contribution in [0.5, 0.6) is 0 Å². The molecule has 0 aromatic carbocycles. The number of rotatable bonds is 23. The summed E-state index contributed by atoms with van der Waals surface area (Å²) in [6.07, 6.45) is -17.6. The molecule has 386 valence electrons. The van der Waals surface area contributed by atoms with Gasteiger partial charge in [0, 0.05) is 21.3 Å². The molecule has 0 spiro atoms. The standard InChI is InChI=1S/C23H13F37O3Si/c1-61-64(62-2,63-3)7(28)9(31,32)11(35,36)13(39,40)15(43,44)17(47,48)19(51,52)21(55,56)23(59,60)22(57,58)20(53,54)18(49,50)16(45,46)14(41,42)12(37,38)10(33,34)8(29,30)5(25)4(24)6(26)27/h4-7H,1-3H3. The molecule has 3 atom stereocenters. The van der Waals surface area contributed by atoms with E-state index in [4.69, 9.17) is 0 Å². The summed E-state index contributed by atoms with van der Waals surface area (Å²) in [5.74, 6) is -162. The summed E-state index contributed by atoms with van der Waals surface area (Å²) in [6, 6.07) is 0. The van der Waals surface area contributed by atoms with Crippen LogP contribution in [0.15, 0.2) is 0 Å². The third-order valence-corrected chi connectivity index (χ3v) is 11.0. The summed E-state index contributed by atoms with van der Waals surface area (Å²) in [4.78, 5) is 0. The van der Waals surface area contributed by atoms with Crippen molar-refractivity contribution in [3.05, 3.63) is 0 Å². The zero-order valence-electron chi connectivity index (χ0n) is 29.0. The molecule has 0 heterocycles. The molecule has 0 saturated carbocycles. The normalized spacial score (nSPS) is 18.1. The number of halogens is 37. The lowest BCUT2D eigenvalue weighted by Crippen LogP contribution is -2.80. The quantitative estimate of drug-likeness (QED) is 0.0754. The summed E-state index contributed by atoms with van der Waals surface area (Å²) in [7, 11) is -6.91. The second kappa shape index (κ2) is 16.3.